The number of carbonyl (C=O) groups excluding carboxylic acids is 2. The molecule has 0 atom stereocenters. The Labute approximate surface area is 95.1 Å². The molecular weight excluding hydrogens is 220 g/mol. The second kappa shape index (κ2) is 3.21. The Hall–Kier alpha value is -2.56. The maximum absolute atomic E-state index is 11.6. The van der Waals surface area contributed by atoms with Crippen molar-refractivity contribution in [2.45, 2.75) is 0 Å². The van der Waals surface area contributed by atoms with Gasteiger partial charge < -0.3 is 5.11 Å². The molecule has 1 amide bonds. The number of aliphatic imine (C=N–C) groups is 1. The van der Waals surface area contributed by atoms with Gasteiger partial charge in [-0.3, -0.25) is 9.59 Å². The lowest BCUT2D eigenvalue weighted by Gasteiger charge is -2.04. The number of rotatable bonds is 1. The number of hydrogen-bond donors (Lipinski definition) is 1. The molecule has 0 fully saturated rings. The van der Waals surface area contributed by atoms with Gasteiger partial charge in [-0.05, 0) is 23.8 Å². The molecule has 2 aliphatic rings. The number of benzene rings is 1. The minimum absolute atomic E-state index is 0.112. The van der Waals surface area contributed by atoms with E-state index in [-0.39, 0.29) is 11.6 Å². The van der Waals surface area contributed by atoms with E-state index in [4.69, 9.17) is 0 Å². The van der Waals surface area contributed by atoms with E-state index < -0.39 is 5.91 Å². The van der Waals surface area contributed by atoms with Crippen molar-refractivity contribution in [2.24, 2.45) is 9.98 Å². The third-order valence-electron chi connectivity index (χ3n) is 2.65. The minimum atomic E-state index is -0.514. The number of carbonyl (C=O) groups is 2. The maximum Gasteiger partial charge on any atom is 0.281 e. The first-order valence-electron chi connectivity index (χ1n) is 4.91. The van der Waals surface area contributed by atoms with Crippen molar-refractivity contribution in [1.82, 2.24) is 0 Å². The minimum Gasteiger partial charge on any atom is -0.507 e. The second-order valence-corrected chi connectivity index (χ2v) is 3.68. The number of amidine groups is 1. The quantitative estimate of drug-likeness (QED) is 0.670. The Bertz CT molecular complexity index is 742. The van der Waals surface area contributed by atoms with Gasteiger partial charge in [0.25, 0.3) is 5.91 Å². The van der Waals surface area contributed by atoms with Gasteiger partial charge in [0.15, 0.2) is 12.1 Å². The molecule has 0 saturated heterocycles. The molecule has 82 valence electrons. The fraction of sp³-hybridized carbons (Fsp3) is 0. The van der Waals surface area contributed by atoms with Gasteiger partial charge in [-0.15, -0.1) is 0 Å². The van der Waals surface area contributed by atoms with Crippen LogP contribution in [0, 0.1) is 0 Å². The molecule has 1 aliphatic heterocycles. The molecular formula is C12H6N2O3. The van der Waals surface area contributed by atoms with Crippen molar-refractivity contribution in [3.05, 3.63) is 39.9 Å². The van der Waals surface area contributed by atoms with Crippen LogP contribution in [0.25, 0.3) is 11.8 Å². The van der Waals surface area contributed by atoms with Gasteiger partial charge in [-0.1, -0.05) is 6.08 Å². The summed E-state index contributed by atoms with van der Waals surface area (Å²) in [7, 11) is 0. The summed E-state index contributed by atoms with van der Waals surface area (Å²) < 4.78 is 0. The largest absolute Gasteiger partial charge is 0.507 e. The fourth-order valence-electron chi connectivity index (χ4n) is 1.85. The number of fused-ring (bicyclic) bond motifs is 2. The summed E-state index contributed by atoms with van der Waals surface area (Å²) in [4.78, 5) is 29.7. The zero-order valence-corrected chi connectivity index (χ0v) is 8.54. The predicted octanol–water partition coefficient (Wildman–Crippen LogP) is -0.250. The van der Waals surface area contributed by atoms with E-state index in [1.807, 2.05) is 0 Å². The van der Waals surface area contributed by atoms with E-state index in [0.29, 0.717) is 22.4 Å². The van der Waals surface area contributed by atoms with E-state index in [1.165, 1.54) is 6.07 Å². The number of aldehydes is 1. The first-order chi connectivity index (χ1) is 8.19. The zero-order chi connectivity index (χ0) is 12.0. The van der Waals surface area contributed by atoms with Crippen LogP contribution < -0.4 is 10.6 Å². The molecule has 0 bridgehead atoms. The van der Waals surface area contributed by atoms with Gasteiger partial charge in [0.05, 0.1) is 10.9 Å². The van der Waals surface area contributed by atoms with E-state index in [2.05, 4.69) is 9.98 Å². The van der Waals surface area contributed by atoms with Crippen molar-refractivity contribution in [3.8, 4) is 0 Å². The molecule has 0 saturated carbocycles. The molecule has 5 nitrogen and oxygen atoms in total. The molecule has 3 rings (SSSR count). The predicted molar refractivity (Wildman–Crippen MR) is 60.1 cm³/mol. The second-order valence-electron chi connectivity index (χ2n) is 3.68. The zero-order valence-electron chi connectivity index (χ0n) is 8.54. The Morgan fingerprint density at radius 2 is 2.00 bits per heavy atom. The smallest absolute Gasteiger partial charge is 0.281 e. The number of amides is 1. The third kappa shape index (κ3) is 1.32. The average molecular weight is 226 g/mol. The lowest BCUT2D eigenvalue weighted by atomic mass is 10.1. The first kappa shape index (κ1) is 9.65. The van der Waals surface area contributed by atoms with Gasteiger partial charge in [0, 0.05) is 5.22 Å². The van der Waals surface area contributed by atoms with Crippen molar-refractivity contribution in [2.75, 3.05) is 0 Å². The number of hydrogen-bond acceptors (Lipinski definition) is 4. The van der Waals surface area contributed by atoms with Crippen LogP contribution in [0.1, 0.15) is 15.9 Å². The van der Waals surface area contributed by atoms with Crippen molar-refractivity contribution < 1.29 is 14.7 Å². The van der Waals surface area contributed by atoms with Crippen LogP contribution in [0.2, 0.25) is 0 Å². The summed E-state index contributed by atoms with van der Waals surface area (Å²) >= 11 is 0. The van der Waals surface area contributed by atoms with E-state index in [9.17, 15) is 14.7 Å². The molecule has 5 heteroatoms. The standard InChI is InChI=1S/C12H6N2O3/c15-5-11-13-9-3-6-1-2-10(16)7(6)4-8(9)12(17)14-11/h1-5,16H. The molecule has 1 heterocycles. The van der Waals surface area contributed by atoms with Crippen LogP contribution in [0.4, 0.5) is 0 Å². The Kier molecular flexibility index (Phi) is 1.82. The van der Waals surface area contributed by atoms with E-state index in [0.717, 1.165) is 5.56 Å². The lowest BCUT2D eigenvalue weighted by molar-refractivity contribution is -0.102. The average Bonchev–Trinajstić information content (AvgIpc) is 2.68. The van der Waals surface area contributed by atoms with Crippen LogP contribution in [0.15, 0.2) is 28.2 Å². The first-order valence-corrected chi connectivity index (χ1v) is 4.91. The van der Waals surface area contributed by atoms with Gasteiger partial charge in [-0.2, -0.15) is 4.99 Å². The molecule has 17 heavy (non-hydrogen) atoms. The van der Waals surface area contributed by atoms with Crippen molar-refractivity contribution in [3.63, 3.8) is 0 Å². The van der Waals surface area contributed by atoms with Crippen LogP contribution >= 0.6 is 0 Å². The molecule has 0 unspecified atom stereocenters. The number of aliphatic hydroxyl groups is 1. The van der Waals surface area contributed by atoms with Crippen LogP contribution in [-0.2, 0) is 4.79 Å². The molecule has 0 aromatic heterocycles. The SMILES string of the molecule is O=CC1=NC(=O)c2cc3c(cc2=N1)C=CC=3O. The van der Waals surface area contributed by atoms with Crippen LogP contribution in [-0.4, -0.2) is 23.1 Å². The van der Waals surface area contributed by atoms with Gasteiger partial charge >= 0.3 is 0 Å². The number of aliphatic hydroxyl groups excluding tert-OH is 1. The maximum atomic E-state index is 11.6. The van der Waals surface area contributed by atoms with Gasteiger partial charge in [-0.25, -0.2) is 4.99 Å². The molecule has 1 aliphatic carbocycles. The highest BCUT2D eigenvalue weighted by molar-refractivity contribution is 6.31. The van der Waals surface area contributed by atoms with Gasteiger partial charge in [0.1, 0.15) is 5.76 Å². The summed E-state index contributed by atoms with van der Waals surface area (Å²) in [5.41, 5.74) is 1.06. The molecule has 0 spiro atoms. The molecule has 1 aromatic carbocycles. The Morgan fingerprint density at radius 3 is 2.76 bits per heavy atom. The summed E-state index contributed by atoms with van der Waals surface area (Å²) in [6.45, 7) is 0. The van der Waals surface area contributed by atoms with Crippen LogP contribution in [0.5, 0.6) is 0 Å². The summed E-state index contributed by atoms with van der Waals surface area (Å²) in [6, 6.07) is 3.19. The molecule has 0 radical (unpaired) electrons. The highest BCUT2D eigenvalue weighted by Gasteiger charge is 2.17. The highest BCUT2D eigenvalue weighted by Crippen LogP contribution is 2.08. The van der Waals surface area contributed by atoms with Crippen molar-refractivity contribution in [1.29, 1.82) is 0 Å². The summed E-state index contributed by atoms with van der Waals surface area (Å²) in [6.07, 6.45) is 3.70. The van der Waals surface area contributed by atoms with E-state index >= 15 is 0 Å². The Morgan fingerprint density at radius 1 is 1.18 bits per heavy atom. The van der Waals surface area contributed by atoms with Gasteiger partial charge in [0.2, 0.25) is 0 Å². The number of nitrogens with zero attached hydrogens (tertiary/aromatic N) is 2. The van der Waals surface area contributed by atoms with Crippen molar-refractivity contribution >= 4 is 29.9 Å². The Balaban J connectivity index is 2.38. The topological polar surface area (TPSA) is 79.1 Å². The lowest BCUT2D eigenvalue weighted by Crippen LogP contribution is -2.26. The molecule has 1 N–H and O–H groups in total. The normalized spacial score (nSPS) is 16.1. The van der Waals surface area contributed by atoms with E-state index in [1.54, 1.807) is 18.2 Å². The monoisotopic (exact) mass is 226 g/mol. The highest BCUT2D eigenvalue weighted by atomic mass is 16.3. The summed E-state index contributed by atoms with van der Waals surface area (Å²) in [5, 5.41) is 10.6. The third-order valence-corrected chi connectivity index (χ3v) is 2.65. The van der Waals surface area contributed by atoms with Crippen LogP contribution in [0.3, 0.4) is 0 Å². The summed E-state index contributed by atoms with van der Waals surface area (Å²) in [5.74, 6) is -0.530. The fourth-order valence-corrected chi connectivity index (χ4v) is 1.85. The molecule has 1 aromatic rings.